The van der Waals surface area contributed by atoms with Crippen LogP contribution in [0.1, 0.15) is 50.9 Å². The summed E-state index contributed by atoms with van der Waals surface area (Å²) in [4.78, 5) is 21.8. The van der Waals surface area contributed by atoms with E-state index in [1.165, 1.54) is 7.11 Å². The quantitative estimate of drug-likeness (QED) is 0.423. The smallest absolute Gasteiger partial charge is 0.311 e. The van der Waals surface area contributed by atoms with E-state index in [1.807, 2.05) is 31.3 Å². The number of carbonyl (C=O) groups excluding carboxylic acids is 1. The number of benzene rings is 1. The van der Waals surface area contributed by atoms with Crippen molar-refractivity contribution in [3.63, 3.8) is 0 Å². The molecule has 1 aromatic carbocycles. The fourth-order valence-corrected chi connectivity index (χ4v) is 5.30. The molecule has 0 bridgehead atoms. The maximum absolute atomic E-state index is 12.3. The summed E-state index contributed by atoms with van der Waals surface area (Å²) in [5, 5.41) is 3.44. The number of methoxy groups -OCH3 is 3. The van der Waals surface area contributed by atoms with Crippen molar-refractivity contribution in [2.45, 2.75) is 51.5 Å². The molecule has 2 heterocycles. The van der Waals surface area contributed by atoms with Gasteiger partial charge >= 0.3 is 5.97 Å². The largest absolute Gasteiger partial charge is 0.497 e. The van der Waals surface area contributed by atoms with Crippen molar-refractivity contribution >= 4 is 33.2 Å². The molecule has 1 fully saturated rings. The molecule has 0 amide bonds. The van der Waals surface area contributed by atoms with Crippen LogP contribution in [0, 0.1) is 5.41 Å². The molecule has 2 aromatic heterocycles. The van der Waals surface area contributed by atoms with E-state index in [1.54, 1.807) is 20.4 Å². The number of fused-ring (bicyclic) bond motifs is 1. The van der Waals surface area contributed by atoms with Crippen LogP contribution in [-0.2, 0) is 21.5 Å². The highest BCUT2D eigenvalue weighted by atomic mass is 79.9. The average Bonchev–Trinajstić information content (AvgIpc) is 3.22. The van der Waals surface area contributed by atoms with Crippen LogP contribution in [0.25, 0.3) is 5.52 Å². The first-order valence-electron chi connectivity index (χ1n) is 11.3. The summed E-state index contributed by atoms with van der Waals surface area (Å²) in [5.74, 6) is 3.05. The van der Waals surface area contributed by atoms with Gasteiger partial charge in [0.15, 0.2) is 5.82 Å². The van der Waals surface area contributed by atoms with Crippen LogP contribution >= 0.6 is 15.9 Å². The zero-order valence-corrected chi connectivity index (χ0v) is 21.9. The summed E-state index contributed by atoms with van der Waals surface area (Å²) in [6, 6.07) is 5.75. The van der Waals surface area contributed by atoms with Gasteiger partial charge in [-0.3, -0.25) is 9.20 Å². The Morgan fingerprint density at radius 1 is 1.15 bits per heavy atom. The molecule has 0 atom stereocenters. The lowest BCUT2D eigenvalue weighted by Gasteiger charge is -2.40. The van der Waals surface area contributed by atoms with E-state index in [0.717, 1.165) is 64.5 Å². The third kappa shape index (κ3) is 4.33. The summed E-state index contributed by atoms with van der Waals surface area (Å²) in [6.07, 6.45) is 6.94. The molecule has 1 saturated carbocycles. The molecule has 8 nitrogen and oxygen atoms in total. The lowest BCUT2D eigenvalue weighted by Crippen LogP contribution is -2.39. The van der Waals surface area contributed by atoms with Gasteiger partial charge in [-0.05, 0) is 60.7 Å². The van der Waals surface area contributed by atoms with E-state index in [0.29, 0.717) is 6.54 Å². The van der Waals surface area contributed by atoms with E-state index < -0.39 is 5.41 Å². The van der Waals surface area contributed by atoms with E-state index in [2.05, 4.69) is 37.6 Å². The Kier molecular flexibility index (Phi) is 6.75. The van der Waals surface area contributed by atoms with Crippen LogP contribution in [0.4, 0.5) is 5.82 Å². The molecule has 1 N–H and O–H groups in total. The number of esters is 1. The number of imidazole rings is 1. The monoisotopic (exact) mass is 530 g/mol. The third-order valence-electron chi connectivity index (χ3n) is 7.13. The van der Waals surface area contributed by atoms with Crippen LogP contribution < -0.4 is 14.8 Å². The summed E-state index contributed by atoms with van der Waals surface area (Å²) >= 11 is 3.66. The van der Waals surface area contributed by atoms with E-state index >= 15 is 0 Å². The second kappa shape index (κ2) is 9.44. The highest BCUT2D eigenvalue weighted by molar-refractivity contribution is 9.10. The van der Waals surface area contributed by atoms with Crippen molar-refractivity contribution in [2.75, 3.05) is 26.6 Å². The number of hydrogen-bond acceptors (Lipinski definition) is 7. The number of nitrogens with one attached hydrogen (secondary N) is 1. The van der Waals surface area contributed by atoms with Crippen LogP contribution in [0.3, 0.4) is 0 Å². The van der Waals surface area contributed by atoms with Gasteiger partial charge < -0.3 is 19.5 Å². The van der Waals surface area contributed by atoms with Gasteiger partial charge in [-0.15, -0.1) is 0 Å². The number of ether oxygens (including phenoxy) is 3. The second-order valence-corrected chi connectivity index (χ2v) is 10.1. The van der Waals surface area contributed by atoms with Crippen molar-refractivity contribution in [1.82, 2.24) is 14.4 Å². The van der Waals surface area contributed by atoms with E-state index in [9.17, 15) is 4.79 Å². The summed E-state index contributed by atoms with van der Waals surface area (Å²) in [6.45, 7) is 4.75. The molecular weight excluding hydrogens is 500 g/mol. The lowest BCUT2D eigenvalue weighted by atomic mass is 9.65. The maximum atomic E-state index is 12.3. The Morgan fingerprint density at radius 2 is 1.88 bits per heavy atom. The number of anilines is 1. The molecular formula is C25H31BrN4O4. The number of rotatable bonds is 7. The average molecular weight is 531 g/mol. The molecule has 182 valence electrons. The lowest BCUT2D eigenvalue weighted by molar-refractivity contribution is -0.154. The number of nitrogens with zero attached hydrogens (tertiary/aromatic N) is 3. The van der Waals surface area contributed by atoms with E-state index in [4.69, 9.17) is 19.2 Å². The predicted molar refractivity (Wildman–Crippen MR) is 134 cm³/mol. The Morgan fingerprint density at radius 3 is 2.53 bits per heavy atom. The Balaban J connectivity index is 1.61. The molecule has 0 aliphatic heterocycles. The number of hydrogen-bond donors (Lipinski definition) is 1. The standard InChI is InChI=1S/C25H31BrN4O4/c1-24(8-10-25(2,11-9-24)23(31)34-5)22-29-20(26)19-21(27-12-13-30(19)22)28-15-16-6-7-17(32-3)14-18(16)33-4/h6-7,12-14H,8-11,15H2,1-5H3,(H,27,28)/t24-,25-. The van der Waals surface area contributed by atoms with Gasteiger partial charge in [0.1, 0.15) is 27.4 Å². The van der Waals surface area contributed by atoms with Crippen LogP contribution in [-0.4, -0.2) is 41.7 Å². The molecule has 3 aromatic rings. The molecule has 4 rings (SSSR count). The highest BCUT2D eigenvalue weighted by Gasteiger charge is 2.45. The first-order chi connectivity index (χ1) is 16.2. The Hall–Kier alpha value is -2.81. The van der Waals surface area contributed by atoms with Gasteiger partial charge in [-0.2, -0.15) is 0 Å². The zero-order chi connectivity index (χ0) is 24.5. The fraction of sp³-hybridized carbons (Fsp3) is 0.480. The molecule has 1 aliphatic carbocycles. The summed E-state index contributed by atoms with van der Waals surface area (Å²) in [7, 11) is 4.74. The number of aromatic nitrogens is 3. The van der Waals surface area contributed by atoms with Gasteiger partial charge in [0, 0.05) is 36.0 Å². The molecule has 0 unspecified atom stereocenters. The molecule has 9 heteroatoms. The van der Waals surface area contributed by atoms with Crippen LogP contribution in [0.5, 0.6) is 11.5 Å². The molecule has 0 radical (unpaired) electrons. The topological polar surface area (TPSA) is 87.0 Å². The first kappa shape index (κ1) is 24.3. The fourth-order valence-electron chi connectivity index (χ4n) is 4.76. The molecule has 34 heavy (non-hydrogen) atoms. The van der Waals surface area contributed by atoms with Crippen molar-refractivity contribution in [3.05, 3.63) is 46.6 Å². The molecule has 0 saturated heterocycles. The summed E-state index contributed by atoms with van der Waals surface area (Å²) in [5.41, 5.74) is 1.27. The van der Waals surface area contributed by atoms with Gasteiger partial charge in [0.25, 0.3) is 0 Å². The minimum absolute atomic E-state index is 0.131. The number of halogens is 1. The number of carbonyl (C=O) groups is 1. The van der Waals surface area contributed by atoms with Gasteiger partial charge in [0.05, 0.1) is 26.7 Å². The van der Waals surface area contributed by atoms with Crippen molar-refractivity contribution < 1.29 is 19.0 Å². The predicted octanol–water partition coefficient (Wildman–Crippen LogP) is 5.13. The van der Waals surface area contributed by atoms with Crippen LogP contribution in [0.15, 0.2) is 35.2 Å². The second-order valence-electron chi connectivity index (χ2n) is 9.36. The van der Waals surface area contributed by atoms with Gasteiger partial charge in [-0.1, -0.05) is 6.92 Å². The van der Waals surface area contributed by atoms with Crippen molar-refractivity contribution in [1.29, 1.82) is 0 Å². The first-order valence-corrected chi connectivity index (χ1v) is 12.1. The SMILES string of the molecule is COc1ccc(CNc2nccn3c2c(Br)nc3[C@]2(C)CC[C@@](C)(C(=O)OC)CC2)c(OC)c1. The third-order valence-corrected chi connectivity index (χ3v) is 7.68. The molecule has 0 spiro atoms. The van der Waals surface area contributed by atoms with E-state index in [-0.39, 0.29) is 11.4 Å². The summed E-state index contributed by atoms with van der Waals surface area (Å²) < 4.78 is 18.7. The zero-order valence-electron chi connectivity index (χ0n) is 20.3. The normalized spacial score (nSPS) is 22.4. The molecule has 1 aliphatic rings. The minimum Gasteiger partial charge on any atom is -0.497 e. The van der Waals surface area contributed by atoms with Gasteiger partial charge in [-0.25, -0.2) is 9.97 Å². The Bertz CT molecular complexity index is 1200. The van der Waals surface area contributed by atoms with Crippen LogP contribution in [0.2, 0.25) is 0 Å². The Labute approximate surface area is 208 Å². The minimum atomic E-state index is -0.440. The van der Waals surface area contributed by atoms with Crippen molar-refractivity contribution in [3.8, 4) is 11.5 Å². The van der Waals surface area contributed by atoms with Gasteiger partial charge in [0.2, 0.25) is 0 Å². The highest BCUT2D eigenvalue weighted by Crippen LogP contribution is 2.47. The van der Waals surface area contributed by atoms with Crippen molar-refractivity contribution in [2.24, 2.45) is 5.41 Å². The maximum Gasteiger partial charge on any atom is 0.311 e.